The zero-order valence-electron chi connectivity index (χ0n) is 10.6. The van der Waals surface area contributed by atoms with Crippen molar-refractivity contribution in [3.05, 3.63) is 28.3 Å². The monoisotopic (exact) mass is 309 g/mol. The molecule has 1 atom stereocenters. The lowest BCUT2D eigenvalue weighted by Crippen LogP contribution is -2.35. The van der Waals surface area contributed by atoms with Gasteiger partial charge in [-0.1, -0.05) is 0 Å². The molecule has 1 aromatic rings. The first-order valence-electron chi connectivity index (χ1n) is 5.41. The Morgan fingerprint density at radius 3 is 2.52 bits per heavy atom. The van der Waals surface area contributed by atoms with Crippen LogP contribution < -0.4 is 9.47 Å². The van der Waals surface area contributed by atoms with E-state index in [9.17, 15) is 28.1 Å². The van der Waals surface area contributed by atoms with E-state index in [4.69, 9.17) is 9.84 Å². The first-order chi connectivity index (χ1) is 9.66. The molecule has 0 spiro atoms. The fourth-order valence-electron chi connectivity index (χ4n) is 1.39. The maximum Gasteiger partial charge on any atom is 0.405 e. The Labute approximate surface area is 116 Å². The van der Waals surface area contributed by atoms with Gasteiger partial charge in [0.25, 0.3) is 0 Å². The lowest BCUT2D eigenvalue weighted by Gasteiger charge is -2.16. The third-order valence-electron chi connectivity index (χ3n) is 2.46. The van der Waals surface area contributed by atoms with Gasteiger partial charge in [0.1, 0.15) is 12.4 Å². The number of carbonyl (C=O) groups is 1. The molecule has 0 amide bonds. The van der Waals surface area contributed by atoms with Gasteiger partial charge in [-0.15, -0.1) is 0 Å². The lowest BCUT2D eigenvalue weighted by molar-refractivity contribution is -0.385. The Kier molecular flexibility index (Phi) is 4.95. The number of hydrogen-bond donors (Lipinski definition) is 1. The number of benzene rings is 1. The normalized spacial score (nSPS) is 12.6. The van der Waals surface area contributed by atoms with Gasteiger partial charge in [-0.05, 0) is 12.1 Å². The minimum absolute atomic E-state index is 0.0991. The number of hydrogen-bond acceptors (Lipinski definition) is 5. The van der Waals surface area contributed by atoms with Gasteiger partial charge >= 0.3 is 17.8 Å². The number of halogens is 3. The maximum absolute atomic E-state index is 12.4. The second kappa shape index (κ2) is 6.29. The molecule has 0 radical (unpaired) electrons. The number of aliphatic carboxylic acids is 1. The summed E-state index contributed by atoms with van der Waals surface area (Å²) in [5.41, 5.74) is -0.506. The number of methoxy groups -OCH3 is 1. The average molecular weight is 309 g/mol. The van der Waals surface area contributed by atoms with Crippen molar-refractivity contribution in [2.75, 3.05) is 13.7 Å². The van der Waals surface area contributed by atoms with E-state index < -0.39 is 35.3 Å². The van der Waals surface area contributed by atoms with Crippen molar-refractivity contribution >= 4 is 11.7 Å². The quantitative estimate of drug-likeness (QED) is 0.639. The molecule has 1 aromatic carbocycles. The van der Waals surface area contributed by atoms with E-state index in [-0.39, 0.29) is 11.5 Å². The van der Waals surface area contributed by atoms with E-state index in [0.717, 1.165) is 18.2 Å². The second-order valence-corrected chi connectivity index (χ2v) is 3.83. The van der Waals surface area contributed by atoms with E-state index in [0.29, 0.717) is 0 Å². The van der Waals surface area contributed by atoms with Gasteiger partial charge in [0, 0.05) is 0 Å². The number of ether oxygens (including phenoxy) is 2. The number of nitro groups is 1. The minimum Gasteiger partial charge on any atom is -0.492 e. The predicted octanol–water partition coefficient (Wildman–Crippen LogP) is 2.25. The third-order valence-corrected chi connectivity index (χ3v) is 2.46. The van der Waals surface area contributed by atoms with Crippen molar-refractivity contribution in [1.82, 2.24) is 0 Å². The molecular weight excluding hydrogens is 299 g/mol. The Morgan fingerprint density at radius 1 is 1.48 bits per heavy atom. The summed E-state index contributed by atoms with van der Waals surface area (Å²) in [4.78, 5) is 20.4. The second-order valence-electron chi connectivity index (χ2n) is 3.83. The first kappa shape index (κ1) is 16.5. The molecule has 0 aromatic heterocycles. The zero-order valence-corrected chi connectivity index (χ0v) is 10.6. The summed E-state index contributed by atoms with van der Waals surface area (Å²) in [6.07, 6.45) is -4.98. The minimum atomic E-state index is -4.98. The molecular formula is C11H10F3NO6. The van der Waals surface area contributed by atoms with Crippen LogP contribution in [-0.4, -0.2) is 35.9 Å². The van der Waals surface area contributed by atoms with Crippen LogP contribution in [0.25, 0.3) is 0 Å². The lowest BCUT2D eigenvalue weighted by atomic mass is 10.1. The van der Waals surface area contributed by atoms with Gasteiger partial charge in [-0.25, -0.2) is 0 Å². The molecule has 0 saturated carbocycles. The molecule has 1 N–H and O–H groups in total. The topological polar surface area (TPSA) is 98.9 Å². The molecule has 1 rings (SSSR count). The molecule has 0 bridgehead atoms. The van der Waals surface area contributed by atoms with Gasteiger partial charge in [-0.3, -0.25) is 14.9 Å². The van der Waals surface area contributed by atoms with Crippen molar-refractivity contribution in [1.29, 1.82) is 0 Å². The number of alkyl halides is 3. The first-order valence-corrected chi connectivity index (χ1v) is 5.41. The van der Waals surface area contributed by atoms with Crippen LogP contribution in [0.5, 0.6) is 11.5 Å². The number of carboxylic acid groups (broad SMARTS) is 1. The standard InChI is InChI=1S/C11H10F3NO6/c1-20-9-3-2-6(4-8(9)15(18)19)21-5-7(10(16)17)11(12,13)14/h2-4,7H,5H2,1H3,(H,16,17). The summed E-state index contributed by atoms with van der Waals surface area (Å²) >= 11 is 0. The van der Waals surface area contributed by atoms with Crippen molar-refractivity contribution in [2.45, 2.75) is 6.18 Å². The smallest absolute Gasteiger partial charge is 0.405 e. The summed E-state index contributed by atoms with van der Waals surface area (Å²) < 4.78 is 46.6. The van der Waals surface area contributed by atoms with E-state index in [1.165, 1.54) is 7.11 Å². The fourth-order valence-corrected chi connectivity index (χ4v) is 1.39. The highest BCUT2D eigenvalue weighted by atomic mass is 19.4. The molecule has 0 aliphatic heterocycles. The van der Waals surface area contributed by atoms with Crippen molar-refractivity contribution in [3.63, 3.8) is 0 Å². The molecule has 0 fully saturated rings. The van der Waals surface area contributed by atoms with Crippen LogP contribution in [0.4, 0.5) is 18.9 Å². The number of nitrogens with zero attached hydrogens (tertiary/aromatic N) is 1. The summed E-state index contributed by atoms with van der Waals surface area (Å²) in [5, 5.41) is 19.2. The van der Waals surface area contributed by atoms with Crippen LogP contribution in [0.1, 0.15) is 0 Å². The highest BCUT2D eigenvalue weighted by molar-refractivity contribution is 5.71. The van der Waals surface area contributed by atoms with Crippen molar-refractivity contribution in [3.8, 4) is 11.5 Å². The summed E-state index contributed by atoms with van der Waals surface area (Å²) in [5.74, 6) is -5.18. The van der Waals surface area contributed by atoms with Crippen molar-refractivity contribution < 1.29 is 37.5 Å². The number of carboxylic acids is 1. The van der Waals surface area contributed by atoms with Gasteiger partial charge in [-0.2, -0.15) is 13.2 Å². The van der Waals surface area contributed by atoms with E-state index in [1.807, 2.05) is 0 Å². The van der Waals surface area contributed by atoms with Crippen LogP contribution in [0.2, 0.25) is 0 Å². The number of rotatable bonds is 6. The largest absolute Gasteiger partial charge is 0.492 e. The van der Waals surface area contributed by atoms with Gasteiger partial charge < -0.3 is 14.6 Å². The predicted molar refractivity (Wildman–Crippen MR) is 62.3 cm³/mol. The Balaban J connectivity index is 2.91. The van der Waals surface area contributed by atoms with Crippen LogP contribution in [-0.2, 0) is 4.79 Å². The molecule has 0 saturated heterocycles. The fraction of sp³-hybridized carbons (Fsp3) is 0.364. The Morgan fingerprint density at radius 2 is 2.10 bits per heavy atom. The van der Waals surface area contributed by atoms with E-state index in [1.54, 1.807) is 0 Å². The van der Waals surface area contributed by atoms with Gasteiger partial charge in [0.05, 0.1) is 18.1 Å². The Bertz CT molecular complexity index is 545. The van der Waals surface area contributed by atoms with Gasteiger partial charge in [0.15, 0.2) is 11.7 Å². The molecule has 0 aliphatic rings. The van der Waals surface area contributed by atoms with Crippen LogP contribution in [0.3, 0.4) is 0 Å². The maximum atomic E-state index is 12.4. The van der Waals surface area contributed by atoms with Crippen LogP contribution in [0.15, 0.2) is 18.2 Å². The van der Waals surface area contributed by atoms with Crippen LogP contribution in [0, 0.1) is 16.0 Å². The van der Waals surface area contributed by atoms with Crippen LogP contribution >= 0.6 is 0 Å². The van der Waals surface area contributed by atoms with E-state index in [2.05, 4.69) is 4.74 Å². The van der Waals surface area contributed by atoms with E-state index >= 15 is 0 Å². The zero-order chi connectivity index (χ0) is 16.2. The number of nitro benzene ring substituents is 1. The van der Waals surface area contributed by atoms with Crippen molar-refractivity contribution in [2.24, 2.45) is 5.92 Å². The summed E-state index contributed by atoms with van der Waals surface area (Å²) in [7, 11) is 1.19. The SMILES string of the molecule is COc1ccc(OCC(C(=O)O)C(F)(F)F)cc1[N+](=O)[O-]. The molecule has 7 nitrogen and oxygen atoms in total. The molecule has 10 heteroatoms. The summed E-state index contributed by atoms with van der Waals surface area (Å²) in [6.45, 7) is -1.19. The molecule has 0 heterocycles. The summed E-state index contributed by atoms with van der Waals surface area (Å²) in [6, 6.07) is 3.13. The molecule has 116 valence electrons. The molecule has 1 unspecified atom stereocenters. The Hall–Kier alpha value is -2.52. The highest BCUT2D eigenvalue weighted by Crippen LogP contribution is 2.32. The average Bonchev–Trinajstić information content (AvgIpc) is 2.36. The molecule has 21 heavy (non-hydrogen) atoms. The molecule has 0 aliphatic carbocycles. The third kappa shape index (κ3) is 4.23. The van der Waals surface area contributed by atoms with Gasteiger partial charge in [0.2, 0.25) is 0 Å². The highest BCUT2D eigenvalue weighted by Gasteiger charge is 2.45.